The molecule has 4 fully saturated rings. The van der Waals surface area contributed by atoms with Crippen LogP contribution in [0, 0.1) is 0 Å². The Morgan fingerprint density at radius 1 is 0.762 bits per heavy atom. The predicted molar refractivity (Wildman–Crippen MR) is 147 cm³/mol. The second kappa shape index (κ2) is 13.1. The molecule has 0 aromatic heterocycles. The Bertz CT molecular complexity index is 1140. The Labute approximate surface area is 245 Å². The summed E-state index contributed by atoms with van der Waals surface area (Å²) in [5.74, 6) is -1.46. The van der Waals surface area contributed by atoms with Crippen LogP contribution < -0.4 is 0 Å². The topological polar surface area (TPSA) is 131 Å². The van der Waals surface area contributed by atoms with Crippen molar-refractivity contribution in [3.05, 3.63) is 71.8 Å². The van der Waals surface area contributed by atoms with E-state index in [2.05, 4.69) is 0 Å². The Balaban J connectivity index is 0.000000169. The van der Waals surface area contributed by atoms with Gasteiger partial charge in [-0.25, -0.2) is 0 Å². The zero-order chi connectivity index (χ0) is 29.9. The van der Waals surface area contributed by atoms with Crippen LogP contribution in [0.1, 0.15) is 38.8 Å². The Kier molecular flexibility index (Phi) is 9.75. The average molecular weight is 589 g/mol. The number of hydrogen-bond donors (Lipinski definition) is 2. The molecule has 0 amide bonds. The molecule has 0 aliphatic carbocycles. The molecule has 0 spiro atoms. The zero-order valence-electron chi connectivity index (χ0n) is 24.2. The van der Waals surface area contributed by atoms with Crippen LogP contribution in [-0.4, -0.2) is 90.0 Å². The van der Waals surface area contributed by atoms with Gasteiger partial charge >= 0.3 is 0 Å². The second-order valence-corrected chi connectivity index (χ2v) is 11.5. The molecule has 230 valence electrons. The molecule has 4 aliphatic rings. The molecule has 0 radical (unpaired) electrons. The lowest BCUT2D eigenvalue weighted by Crippen LogP contribution is -2.44. The van der Waals surface area contributed by atoms with E-state index in [4.69, 9.17) is 37.9 Å². The lowest BCUT2D eigenvalue weighted by atomic mass is 10.1. The summed E-state index contributed by atoms with van der Waals surface area (Å²) in [6.45, 7) is 7.62. The predicted octanol–water partition coefficient (Wildman–Crippen LogP) is 2.45. The Hall–Kier alpha value is -2.29. The minimum atomic E-state index is -1.04. The lowest BCUT2D eigenvalue weighted by Gasteiger charge is -2.28. The molecule has 2 aromatic rings. The Morgan fingerprint density at radius 3 is 1.74 bits per heavy atom. The summed E-state index contributed by atoms with van der Waals surface area (Å²) in [6, 6.07) is 19.5. The van der Waals surface area contributed by atoms with E-state index in [0.717, 1.165) is 17.4 Å². The number of carbonyl (C=O) groups excluding carboxylic acids is 1. The highest BCUT2D eigenvalue weighted by molar-refractivity contribution is 5.58. The maximum atomic E-state index is 11.1. The maximum absolute atomic E-state index is 11.1. The van der Waals surface area contributed by atoms with E-state index in [-0.39, 0.29) is 6.10 Å². The molecule has 2 N–H and O–H groups in total. The standard InChI is InChI=1S/C16H22O6.C15H18O5/c1-16(2)21-14-13(19-9-10-6-4-3-5-7-10)12(11(18)8-17)20-15(14)22-16;1-15(2)19-13-12(11(8-16)18-14(13)20-15)17-9-10-6-4-3-5-7-10/h3-7,11-15,17-18H,8-9H2,1-2H3;3-8,11-14H,9H2,1-2H3/t11-,12-,13?,14+,15-;11-,12?,13+,14-/m11/s1. The third kappa shape index (κ3) is 7.25. The highest BCUT2D eigenvalue weighted by Gasteiger charge is 2.57. The van der Waals surface area contributed by atoms with Crippen LogP contribution in [0.4, 0.5) is 0 Å². The molecule has 11 heteroatoms. The summed E-state index contributed by atoms with van der Waals surface area (Å²) in [5.41, 5.74) is 2.06. The molecule has 4 heterocycles. The van der Waals surface area contributed by atoms with Crippen molar-refractivity contribution in [2.75, 3.05) is 6.61 Å². The number of ether oxygens (including phenoxy) is 8. The van der Waals surface area contributed by atoms with Gasteiger partial charge in [0.15, 0.2) is 30.4 Å². The number of aldehydes is 1. The second-order valence-electron chi connectivity index (χ2n) is 11.5. The van der Waals surface area contributed by atoms with Crippen LogP contribution in [0.3, 0.4) is 0 Å². The number of aliphatic hydroxyl groups excluding tert-OH is 2. The number of rotatable bonds is 9. The Morgan fingerprint density at radius 2 is 1.24 bits per heavy atom. The van der Waals surface area contributed by atoms with E-state index >= 15 is 0 Å². The molecular formula is C31H40O11. The molecular weight excluding hydrogens is 548 g/mol. The largest absolute Gasteiger partial charge is 0.394 e. The van der Waals surface area contributed by atoms with Gasteiger partial charge in [0.25, 0.3) is 0 Å². The number of fused-ring (bicyclic) bond motifs is 2. The van der Waals surface area contributed by atoms with Gasteiger partial charge in [-0.05, 0) is 38.8 Å². The van der Waals surface area contributed by atoms with Crippen molar-refractivity contribution in [2.45, 2.75) is 108 Å². The van der Waals surface area contributed by atoms with Crippen molar-refractivity contribution >= 4 is 6.29 Å². The van der Waals surface area contributed by atoms with E-state index in [9.17, 15) is 15.0 Å². The smallest absolute Gasteiger partial charge is 0.190 e. The first kappa shape index (κ1) is 31.1. The van der Waals surface area contributed by atoms with E-state index in [0.29, 0.717) is 13.2 Å². The summed E-state index contributed by atoms with van der Waals surface area (Å²) in [6.07, 6.45) is -4.51. The molecule has 4 aliphatic heterocycles. The number of benzene rings is 2. The van der Waals surface area contributed by atoms with Crippen LogP contribution in [0.15, 0.2) is 60.7 Å². The van der Waals surface area contributed by atoms with Crippen molar-refractivity contribution in [3.8, 4) is 0 Å². The van der Waals surface area contributed by atoms with Gasteiger partial charge in [0, 0.05) is 0 Å². The van der Waals surface area contributed by atoms with Crippen LogP contribution in [-0.2, 0) is 55.9 Å². The maximum Gasteiger partial charge on any atom is 0.190 e. The quantitative estimate of drug-likeness (QED) is 0.419. The fourth-order valence-corrected chi connectivity index (χ4v) is 5.44. The molecule has 6 rings (SSSR count). The summed E-state index contributed by atoms with van der Waals surface area (Å²) >= 11 is 0. The third-order valence-corrected chi connectivity index (χ3v) is 7.32. The fraction of sp³-hybridized carbons (Fsp3) is 0.581. The van der Waals surface area contributed by atoms with Gasteiger partial charge in [0.1, 0.15) is 42.7 Å². The molecule has 42 heavy (non-hydrogen) atoms. The van der Waals surface area contributed by atoms with E-state index in [1.807, 2.05) is 74.5 Å². The van der Waals surface area contributed by atoms with E-state index < -0.39 is 67.4 Å². The van der Waals surface area contributed by atoms with Crippen LogP contribution in [0.5, 0.6) is 0 Å². The molecule has 4 saturated heterocycles. The van der Waals surface area contributed by atoms with Gasteiger partial charge in [0.05, 0.1) is 19.8 Å². The molecule has 0 saturated carbocycles. The van der Waals surface area contributed by atoms with Gasteiger partial charge in [-0.2, -0.15) is 0 Å². The number of carbonyl (C=O) groups is 1. The summed E-state index contributed by atoms with van der Waals surface area (Å²) in [5, 5.41) is 19.1. The number of aliphatic hydroxyl groups is 2. The first-order chi connectivity index (χ1) is 20.1. The first-order valence-electron chi connectivity index (χ1n) is 14.2. The minimum absolute atomic E-state index is 0.371. The van der Waals surface area contributed by atoms with Crippen molar-refractivity contribution in [1.82, 2.24) is 0 Å². The molecule has 2 unspecified atom stereocenters. The van der Waals surface area contributed by atoms with Gasteiger partial charge in [-0.3, -0.25) is 0 Å². The van der Waals surface area contributed by atoms with Crippen molar-refractivity contribution < 1.29 is 52.9 Å². The van der Waals surface area contributed by atoms with Crippen LogP contribution in [0.2, 0.25) is 0 Å². The third-order valence-electron chi connectivity index (χ3n) is 7.32. The summed E-state index contributed by atoms with van der Waals surface area (Å²) in [4.78, 5) is 11.1. The molecule has 0 bridgehead atoms. The highest BCUT2D eigenvalue weighted by atomic mass is 16.9. The fourth-order valence-electron chi connectivity index (χ4n) is 5.44. The van der Waals surface area contributed by atoms with Gasteiger partial charge in [-0.15, -0.1) is 0 Å². The van der Waals surface area contributed by atoms with Crippen LogP contribution >= 0.6 is 0 Å². The molecule has 2 aromatic carbocycles. The van der Waals surface area contributed by atoms with Crippen LogP contribution in [0.25, 0.3) is 0 Å². The lowest BCUT2D eigenvalue weighted by molar-refractivity contribution is -0.232. The molecule has 11 nitrogen and oxygen atoms in total. The normalized spacial score (nSPS) is 34.7. The SMILES string of the molecule is CC1(C)O[C@H]2O[C@H](C=O)C(OCc3ccccc3)[C@@H]2O1.CC1(C)O[C@H]2O[C@H]([C@H](O)CO)C(OCc3ccccc3)[C@@H]2O1. The highest BCUT2D eigenvalue weighted by Crippen LogP contribution is 2.40. The van der Waals surface area contributed by atoms with E-state index in [1.165, 1.54) is 0 Å². The molecule has 9 atom stereocenters. The van der Waals surface area contributed by atoms with Crippen molar-refractivity contribution in [1.29, 1.82) is 0 Å². The van der Waals surface area contributed by atoms with Crippen molar-refractivity contribution in [3.63, 3.8) is 0 Å². The van der Waals surface area contributed by atoms with Gasteiger partial charge in [0.2, 0.25) is 0 Å². The monoisotopic (exact) mass is 588 g/mol. The zero-order valence-corrected chi connectivity index (χ0v) is 24.2. The first-order valence-corrected chi connectivity index (χ1v) is 14.2. The average Bonchev–Trinajstić information content (AvgIpc) is 3.66. The van der Waals surface area contributed by atoms with Crippen molar-refractivity contribution in [2.24, 2.45) is 0 Å². The number of hydrogen-bond acceptors (Lipinski definition) is 11. The van der Waals surface area contributed by atoms with Gasteiger partial charge < -0.3 is 52.9 Å². The minimum Gasteiger partial charge on any atom is -0.394 e. The van der Waals surface area contributed by atoms with E-state index in [1.54, 1.807) is 13.8 Å². The van der Waals surface area contributed by atoms with Gasteiger partial charge in [-0.1, -0.05) is 60.7 Å². The summed E-state index contributed by atoms with van der Waals surface area (Å²) < 4.78 is 45.9. The summed E-state index contributed by atoms with van der Waals surface area (Å²) in [7, 11) is 0.